The summed E-state index contributed by atoms with van der Waals surface area (Å²) in [4.78, 5) is 4.34. The Labute approximate surface area is 113 Å². The van der Waals surface area contributed by atoms with Gasteiger partial charge >= 0.3 is 0 Å². The van der Waals surface area contributed by atoms with Crippen molar-refractivity contribution in [2.24, 2.45) is 0 Å². The first kappa shape index (κ1) is 13.4. The van der Waals surface area contributed by atoms with Crippen LogP contribution in [-0.2, 0) is 6.54 Å². The van der Waals surface area contributed by atoms with Gasteiger partial charge in [0, 0.05) is 24.6 Å². The van der Waals surface area contributed by atoms with Gasteiger partial charge in [-0.15, -0.1) is 0 Å². The molecule has 0 fully saturated rings. The molecule has 1 atom stereocenters. The van der Waals surface area contributed by atoms with Gasteiger partial charge in [-0.1, -0.05) is 6.92 Å². The lowest BCUT2D eigenvalue weighted by Gasteiger charge is -2.17. The third-order valence-corrected chi connectivity index (χ3v) is 2.64. The van der Waals surface area contributed by atoms with Gasteiger partial charge in [-0.25, -0.2) is 4.98 Å². The van der Waals surface area contributed by atoms with E-state index in [0.29, 0.717) is 6.61 Å². The van der Waals surface area contributed by atoms with E-state index in [2.05, 4.69) is 29.2 Å². The second-order valence-electron chi connectivity index (χ2n) is 4.47. The molecule has 2 heterocycles. The molecule has 5 nitrogen and oxygen atoms in total. The first-order valence-electron chi connectivity index (χ1n) is 6.61. The van der Waals surface area contributed by atoms with Gasteiger partial charge in [0.25, 0.3) is 0 Å². The summed E-state index contributed by atoms with van der Waals surface area (Å²) in [5.41, 5.74) is 0. The summed E-state index contributed by atoms with van der Waals surface area (Å²) in [6.07, 6.45) is 6.48. The minimum atomic E-state index is 0.221. The van der Waals surface area contributed by atoms with Crippen LogP contribution in [-0.4, -0.2) is 27.4 Å². The van der Waals surface area contributed by atoms with Crippen LogP contribution < -0.4 is 10.1 Å². The van der Waals surface area contributed by atoms with Crippen molar-refractivity contribution in [3.8, 4) is 5.75 Å². The van der Waals surface area contributed by atoms with E-state index in [1.54, 1.807) is 12.4 Å². The first-order chi connectivity index (χ1) is 9.29. The zero-order chi connectivity index (χ0) is 13.5. The van der Waals surface area contributed by atoms with Gasteiger partial charge < -0.3 is 10.1 Å². The fourth-order valence-corrected chi connectivity index (χ4v) is 1.80. The Morgan fingerprint density at radius 2 is 2.26 bits per heavy atom. The van der Waals surface area contributed by atoms with Crippen LogP contribution in [0.25, 0.3) is 0 Å². The maximum Gasteiger partial charge on any atom is 0.169 e. The summed E-state index contributed by atoms with van der Waals surface area (Å²) >= 11 is 0. The maximum absolute atomic E-state index is 5.67. The molecule has 102 valence electrons. The zero-order valence-electron chi connectivity index (χ0n) is 11.4. The summed E-state index contributed by atoms with van der Waals surface area (Å²) in [5, 5.41) is 7.56. The Morgan fingerprint density at radius 3 is 3.00 bits per heavy atom. The fraction of sp³-hybridized carbons (Fsp3) is 0.429. The Kier molecular flexibility index (Phi) is 4.78. The van der Waals surface area contributed by atoms with E-state index in [-0.39, 0.29) is 6.04 Å². The molecule has 0 radical (unpaired) electrons. The molecule has 2 rings (SSSR count). The molecule has 0 aliphatic carbocycles. The lowest BCUT2D eigenvalue weighted by atomic mass is 10.3. The molecular weight excluding hydrogens is 240 g/mol. The average molecular weight is 260 g/mol. The molecule has 1 unspecified atom stereocenters. The molecule has 0 aromatic carbocycles. The number of pyridine rings is 1. The molecule has 0 spiro atoms. The van der Waals surface area contributed by atoms with Crippen LogP contribution in [0.3, 0.4) is 0 Å². The van der Waals surface area contributed by atoms with Crippen LogP contribution in [0, 0.1) is 0 Å². The minimum absolute atomic E-state index is 0.221. The summed E-state index contributed by atoms with van der Waals surface area (Å²) in [6.45, 7) is 5.68. The fourth-order valence-electron chi connectivity index (χ4n) is 1.80. The quantitative estimate of drug-likeness (QED) is 0.831. The smallest absolute Gasteiger partial charge is 0.169 e. The monoisotopic (exact) mass is 260 g/mol. The van der Waals surface area contributed by atoms with Crippen LogP contribution in [0.15, 0.2) is 36.8 Å². The molecule has 0 bridgehead atoms. The molecule has 2 aromatic rings. The molecule has 0 amide bonds. The van der Waals surface area contributed by atoms with Gasteiger partial charge in [0.15, 0.2) is 11.6 Å². The lowest BCUT2D eigenvalue weighted by Crippen LogP contribution is -2.23. The normalized spacial score (nSPS) is 12.1. The highest BCUT2D eigenvalue weighted by molar-refractivity contribution is 5.49. The van der Waals surface area contributed by atoms with Gasteiger partial charge in [0.05, 0.1) is 13.2 Å². The minimum Gasteiger partial charge on any atom is -0.490 e. The average Bonchev–Trinajstić information content (AvgIpc) is 2.90. The molecule has 1 N–H and O–H groups in total. The number of anilines is 1. The molecule has 0 aliphatic rings. The van der Waals surface area contributed by atoms with Crippen molar-refractivity contribution in [1.82, 2.24) is 14.8 Å². The highest BCUT2D eigenvalue weighted by Crippen LogP contribution is 2.21. The second-order valence-corrected chi connectivity index (χ2v) is 4.47. The lowest BCUT2D eigenvalue weighted by molar-refractivity contribution is 0.317. The highest BCUT2D eigenvalue weighted by Gasteiger charge is 2.08. The molecular formula is C14H20N4O. The number of nitrogens with zero attached hydrogens (tertiary/aromatic N) is 3. The van der Waals surface area contributed by atoms with Crippen LogP contribution >= 0.6 is 0 Å². The molecule has 0 saturated heterocycles. The Balaban J connectivity index is 1.97. The molecule has 0 aliphatic heterocycles. The predicted molar refractivity (Wildman–Crippen MR) is 75.3 cm³/mol. The van der Waals surface area contributed by atoms with Gasteiger partial charge in [0.2, 0.25) is 0 Å². The number of ether oxygens (including phenoxy) is 1. The summed E-state index contributed by atoms with van der Waals surface area (Å²) in [7, 11) is 0. The second kappa shape index (κ2) is 6.78. The van der Waals surface area contributed by atoms with Crippen molar-refractivity contribution in [2.75, 3.05) is 11.9 Å². The number of hydrogen-bond donors (Lipinski definition) is 1. The van der Waals surface area contributed by atoms with E-state index in [0.717, 1.165) is 24.5 Å². The third-order valence-electron chi connectivity index (χ3n) is 2.64. The van der Waals surface area contributed by atoms with Gasteiger partial charge in [0.1, 0.15) is 0 Å². The number of aromatic nitrogens is 3. The molecule has 0 saturated carbocycles. The first-order valence-corrected chi connectivity index (χ1v) is 6.61. The van der Waals surface area contributed by atoms with Gasteiger partial charge in [-0.3, -0.25) is 4.68 Å². The highest BCUT2D eigenvalue weighted by atomic mass is 16.5. The van der Waals surface area contributed by atoms with E-state index in [9.17, 15) is 0 Å². The van der Waals surface area contributed by atoms with Gasteiger partial charge in [-0.05, 0) is 31.5 Å². The van der Waals surface area contributed by atoms with Gasteiger partial charge in [-0.2, -0.15) is 5.10 Å². The standard InChI is InChI=1S/C14H20N4O/c1-3-10-19-13-6-4-7-15-14(13)17-12(2)11-18-9-5-8-16-18/h4-9,12H,3,10-11H2,1-2H3,(H,15,17). The van der Waals surface area contributed by atoms with Crippen molar-refractivity contribution in [2.45, 2.75) is 32.9 Å². The Bertz CT molecular complexity index is 484. The van der Waals surface area contributed by atoms with Crippen LogP contribution in [0.2, 0.25) is 0 Å². The van der Waals surface area contributed by atoms with Crippen molar-refractivity contribution in [3.05, 3.63) is 36.8 Å². The van der Waals surface area contributed by atoms with E-state index < -0.39 is 0 Å². The number of hydrogen-bond acceptors (Lipinski definition) is 4. The molecule has 2 aromatic heterocycles. The topological polar surface area (TPSA) is 52.0 Å². The number of rotatable bonds is 7. The zero-order valence-corrected chi connectivity index (χ0v) is 11.4. The van der Waals surface area contributed by atoms with Crippen molar-refractivity contribution >= 4 is 5.82 Å². The van der Waals surface area contributed by atoms with E-state index in [1.165, 1.54) is 0 Å². The molecule has 5 heteroatoms. The summed E-state index contributed by atoms with van der Waals surface area (Å²) in [6, 6.07) is 5.96. The van der Waals surface area contributed by atoms with Crippen molar-refractivity contribution in [3.63, 3.8) is 0 Å². The summed E-state index contributed by atoms with van der Waals surface area (Å²) < 4.78 is 7.57. The Morgan fingerprint density at radius 1 is 1.37 bits per heavy atom. The SMILES string of the molecule is CCCOc1cccnc1NC(C)Cn1cccn1. The van der Waals surface area contributed by atoms with Crippen LogP contribution in [0.4, 0.5) is 5.82 Å². The van der Waals surface area contributed by atoms with E-state index >= 15 is 0 Å². The third kappa shape index (κ3) is 3.98. The van der Waals surface area contributed by atoms with Crippen LogP contribution in [0.1, 0.15) is 20.3 Å². The number of nitrogens with one attached hydrogen (secondary N) is 1. The van der Waals surface area contributed by atoms with Crippen molar-refractivity contribution in [1.29, 1.82) is 0 Å². The molecule has 19 heavy (non-hydrogen) atoms. The van der Waals surface area contributed by atoms with E-state index in [4.69, 9.17) is 4.74 Å². The van der Waals surface area contributed by atoms with Crippen LogP contribution in [0.5, 0.6) is 5.75 Å². The maximum atomic E-state index is 5.67. The largest absolute Gasteiger partial charge is 0.490 e. The Hall–Kier alpha value is -2.04. The predicted octanol–water partition coefficient (Wildman–Crippen LogP) is 2.57. The van der Waals surface area contributed by atoms with Crippen molar-refractivity contribution < 1.29 is 4.74 Å². The summed E-state index contributed by atoms with van der Waals surface area (Å²) in [5.74, 6) is 1.59. The van der Waals surface area contributed by atoms with E-state index in [1.807, 2.05) is 29.1 Å².